The minimum Gasteiger partial charge on any atom is -0.352 e. The molecule has 0 aromatic carbocycles. The van der Waals surface area contributed by atoms with E-state index in [0.717, 1.165) is 19.3 Å². The molecule has 0 saturated carbocycles. The van der Waals surface area contributed by atoms with Crippen LogP contribution in [0.2, 0.25) is 0 Å². The average Bonchev–Trinajstić information content (AvgIpc) is 3.00. The van der Waals surface area contributed by atoms with Crippen LogP contribution in [0.3, 0.4) is 0 Å². The number of halogens is 1. The lowest BCUT2D eigenvalue weighted by Crippen LogP contribution is -2.56. The van der Waals surface area contributed by atoms with E-state index in [1.807, 2.05) is 19.0 Å². The molecule has 3 aromatic heterocycles. The smallest absolute Gasteiger partial charge is 0.257 e. The summed E-state index contributed by atoms with van der Waals surface area (Å²) in [5, 5.41) is 8.47. The number of hydrogen-bond donors (Lipinski definition) is 1. The summed E-state index contributed by atoms with van der Waals surface area (Å²) >= 11 is 0. The zero-order chi connectivity index (χ0) is 21.0. The lowest BCUT2D eigenvalue weighted by molar-refractivity contribution is 0.0701. The third kappa shape index (κ3) is 2.92. The van der Waals surface area contributed by atoms with Crippen LogP contribution in [-0.4, -0.2) is 62.9 Å². The Balaban J connectivity index is 1.44. The first-order valence-corrected chi connectivity index (χ1v) is 10.1. The van der Waals surface area contributed by atoms with Crippen LogP contribution in [0.15, 0.2) is 46.2 Å². The van der Waals surface area contributed by atoms with Gasteiger partial charge in [-0.05, 0) is 38.4 Å². The van der Waals surface area contributed by atoms with E-state index < -0.39 is 6.17 Å². The number of hydrogen-bond acceptors (Lipinski definition) is 6. The Hall–Kier alpha value is -3.07. The number of alkyl halides is 1. The SMILES string of the molecule is CN1C2CCC1[C@H](F)[C@H](N(C)c1ccc(-c3cn4c(=O)cc[nH]c4cc3=O)nn1)C2. The van der Waals surface area contributed by atoms with E-state index in [4.69, 9.17) is 0 Å². The van der Waals surface area contributed by atoms with Crippen molar-refractivity contribution in [2.75, 3.05) is 19.0 Å². The zero-order valence-electron chi connectivity index (χ0n) is 16.8. The Bertz CT molecular complexity index is 1210. The zero-order valence-corrected chi connectivity index (χ0v) is 16.8. The second-order valence-electron chi connectivity index (χ2n) is 8.22. The third-order valence-electron chi connectivity index (χ3n) is 6.67. The number of nitrogens with zero attached hydrogens (tertiary/aromatic N) is 5. The second kappa shape index (κ2) is 7.02. The number of rotatable bonds is 3. The number of fused-ring (bicyclic) bond motifs is 3. The highest BCUT2D eigenvalue weighted by Gasteiger charge is 2.47. The van der Waals surface area contributed by atoms with Crippen LogP contribution in [0.1, 0.15) is 19.3 Å². The van der Waals surface area contributed by atoms with E-state index in [0.29, 0.717) is 23.2 Å². The van der Waals surface area contributed by atoms with Crippen molar-refractivity contribution in [2.45, 2.75) is 43.6 Å². The predicted molar refractivity (Wildman–Crippen MR) is 112 cm³/mol. The van der Waals surface area contributed by atoms with Crippen LogP contribution in [0.25, 0.3) is 16.9 Å². The fourth-order valence-electron chi connectivity index (χ4n) is 4.87. The first-order valence-electron chi connectivity index (χ1n) is 10.1. The molecule has 2 unspecified atom stereocenters. The van der Waals surface area contributed by atoms with Crippen LogP contribution in [0.5, 0.6) is 0 Å². The average molecular weight is 410 g/mol. The predicted octanol–water partition coefficient (Wildman–Crippen LogP) is 1.45. The Morgan fingerprint density at radius 3 is 2.80 bits per heavy atom. The number of H-pyrrole nitrogens is 1. The van der Waals surface area contributed by atoms with Crippen LogP contribution in [0.4, 0.5) is 10.2 Å². The van der Waals surface area contributed by atoms with Crippen molar-refractivity contribution in [1.82, 2.24) is 24.5 Å². The number of aromatic nitrogens is 4. The van der Waals surface area contributed by atoms with Gasteiger partial charge in [0.05, 0.1) is 17.3 Å². The van der Waals surface area contributed by atoms with Gasteiger partial charge in [0.2, 0.25) is 0 Å². The van der Waals surface area contributed by atoms with Gasteiger partial charge in [0.15, 0.2) is 11.2 Å². The van der Waals surface area contributed by atoms with Crippen molar-refractivity contribution >= 4 is 11.5 Å². The van der Waals surface area contributed by atoms with Gasteiger partial charge in [0.1, 0.15) is 11.8 Å². The molecule has 0 radical (unpaired) electrons. The topological polar surface area (TPSA) is 86.6 Å². The molecule has 156 valence electrons. The van der Waals surface area contributed by atoms with Gasteiger partial charge in [-0.2, -0.15) is 0 Å². The molecule has 2 fully saturated rings. The molecule has 5 heterocycles. The Kier molecular flexibility index (Phi) is 4.43. The van der Waals surface area contributed by atoms with Gasteiger partial charge in [-0.3, -0.25) is 18.9 Å². The number of aromatic amines is 1. The molecule has 2 aliphatic rings. The van der Waals surface area contributed by atoms with Crippen LogP contribution >= 0.6 is 0 Å². The molecule has 0 spiro atoms. The number of piperidine rings is 1. The molecule has 1 N–H and O–H groups in total. The summed E-state index contributed by atoms with van der Waals surface area (Å²) in [6, 6.07) is 6.29. The van der Waals surface area contributed by atoms with E-state index in [-0.39, 0.29) is 28.6 Å². The first kappa shape index (κ1) is 18.9. The van der Waals surface area contributed by atoms with E-state index >= 15 is 4.39 Å². The Morgan fingerprint density at radius 2 is 2.03 bits per heavy atom. The molecular weight excluding hydrogens is 387 g/mol. The van der Waals surface area contributed by atoms with Gasteiger partial charge in [-0.15, -0.1) is 10.2 Å². The van der Waals surface area contributed by atoms with Gasteiger partial charge < -0.3 is 9.88 Å². The van der Waals surface area contributed by atoms with Gasteiger partial charge in [-0.25, -0.2) is 4.39 Å². The van der Waals surface area contributed by atoms with Gasteiger partial charge in [-0.1, -0.05) is 0 Å². The maximum Gasteiger partial charge on any atom is 0.257 e. The fraction of sp³-hybridized carbons (Fsp3) is 0.429. The largest absolute Gasteiger partial charge is 0.352 e. The summed E-state index contributed by atoms with van der Waals surface area (Å²) in [7, 11) is 3.85. The van der Waals surface area contributed by atoms with Crippen molar-refractivity contribution in [1.29, 1.82) is 0 Å². The highest BCUT2D eigenvalue weighted by Crippen LogP contribution is 2.38. The molecule has 2 aliphatic heterocycles. The summed E-state index contributed by atoms with van der Waals surface area (Å²) in [6.45, 7) is 0. The van der Waals surface area contributed by atoms with Crippen LogP contribution in [-0.2, 0) is 0 Å². The van der Waals surface area contributed by atoms with Crippen molar-refractivity contribution in [2.24, 2.45) is 0 Å². The Morgan fingerprint density at radius 1 is 1.20 bits per heavy atom. The standard InChI is InChI=1S/C21H23FN6O2/c1-26-12-3-5-15(26)21(22)16(9-12)27(2)18-6-4-14(24-25-18)13-11-28-19(10-17(13)29)23-8-7-20(28)30/h4,6-8,10-12,15-16,21,23H,3,5,9H2,1-2H3/t12?,15?,16-,21+/m1/s1. The lowest BCUT2D eigenvalue weighted by atomic mass is 9.95. The maximum atomic E-state index is 15.1. The minimum absolute atomic E-state index is 0.0424. The van der Waals surface area contributed by atoms with E-state index in [2.05, 4.69) is 20.1 Å². The summed E-state index contributed by atoms with van der Waals surface area (Å²) in [5.74, 6) is 0.564. The van der Waals surface area contributed by atoms with Crippen LogP contribution < -0.4 is 15.9 Å². The summed E-state index contributed by atoms with van der Waals surface area (Å²) < 4.78 is 16.5. The molecule has 9 heteroatoms. The monoisotopic (exact) mass is 410 g/mol. The summed E-state index contributed by atoms with van der Waals surface area (Å²) in [5.41, 5.74) is 0.552. The quantitative estimate of drug-likeness (QED) is 0.704. The maximum absolute atomic E-state index is 15.1. The number of pyridine rings is 1. The van der Waals surface area contributed by atoms with Crippen molar-refractivity contribution in [3.8, 4) is 11.3 Å². The summed E-state index contributed by atoms with van der Waals surface area (Å²) in [6.07, 6.45) is 4.69. The number of anilines is 1. The minimum atomic E-state index is -0.947. The number of nitrogens with one attached hydrogen (secondary N) is 1. The van der Waals surface area contributed by atoms with Gasteiger partial charge >= 0.3 is 0 Å². The molecule has 4 atom stereocenters. The van der Waals surface area contributed by atoms with Gasteiger partial charge in [0, 0.05) is 43.7 Å². The van der Waals surface area contributed by atoms with Crippen molar-refractivity contribution in [3.63, 3.8) is 0 Å². The van der Waals surface area contributed by atoms with E-state index in [9.17, 15) is 9.59 Å². The van der Waals surface area contributed by atoms with Crippen LogP contribution in [0, 0.1) is 0 Å². The normalized spacial score (nSPS) is 26.2. The fourth-order valence-corrected chi connectivity index (χ4v) is 4.87. The molecular formula is C21H23FN6O2. The first-order chi connectivity index (χ1) is 14.4. The molecule has 30 heavy (non-hydrogen) atoms. The molecule has 8 nitrogen and oxygen atoms in total. The lowest BCUT2D eigenvalue weighted by Gasteiger charge is -2.43. The second-order valence-corrected chi connectivity index (χ2v) is 8.22. The molecule has 0 aliphatic carbocycles. The molecule has 0 amide bonds. The highest BCUT2D eigenvalue weighted by molar-refractivity contribution is 5.61. The summed E-state index contributed by atoms with van der Waals surface area (Å²) in [4.78, 5) is 31.5. The Labute approximate surface area is 172 Å². The molecule has 2 bridgehead atoms. The molecule has 3 aromatic rings. The van der Waals surface area contributed by atoms with Gasteiger partial charge in [0.25, 0.3) is 5.56 Å². The van der Waals surface area contributed by atoms with E-state index in [1.165, 1.54) is 28.9 Å². The van der Waals surface area contributed by atoms with Crippen molar-refractivity contribution < 1.29 is 4.39 Å². The van der Waals surface area contributed by atoms with Crippen molar-refractivity contribution in [3.05, 3.63) is 57.2 Å². The van der Waals surface area contributed by atoms with E-state index in [1.54, 1.807) is 12.1 Å². The molecule has 5 rings (SSSR count). The molecule has 2 saturated heterocycles. The third-order valence-corrected chi connectivity index (χ3v) is 6.67. The highest BCUT2D eigenvalue weighted by atomic mass is 19.1.